The van der Waals surface area contributed by atoms with Gasteiger partial charge in [0.25, 0.3) is 0 Å². The van der Waals surface area contributed by atoms with Crippen LogP contribution in [0.25, 0.3) is 0 Å². The lowest BCUT2D eigenvalue weighted by Crippen LogP contribution is -2.46. The zero-order valence-electron chi connectivity index (χ0n) is 20.2. The van der Waals surface area contributed by atoms with E-state index in [9.17, 15) is 9.59 Å². The predicted octanol–water partition coefficient (Wildman–Crippen LogP) is 5.26. The molecule has 2 aliphatic heterocycles. The van der Waals surface area contributed by atoms with E-state index in [1.807, 2.05) is 18.2 Å². The maximum atomic E-state index is 13.1. The van der Waals surface area contributed by atoms with Crippen molar-refractivity contribution in [1.82, 2.24) is 4.90 Å². The summed E-state index contributed by atoms with van der Waals surface area (Å²) in [5.41, 5.74) is 1.69. The number of esters is 1. The number of unbranched alkanes of at least 4 members (excludes halogenated alkanes) is 3. The third-order valence-corrected chi connectivity index (χ3v) is 6.48. The smallest absolute Gasteiger partial charge is 0.338 e. The first-order valence-corrected chi connectivity index (χ1v) is 12.6. The van der Waals surface area contributed by atoms with E-state index in [0.29, 0.717) is 46.7 Å². The predicted molar refractivity (Wildman–Crippen MR) is 131 cm³/mol. The molecule has 8 heteroatoms. The highest BCUT2D eigenvalue weighted by Crippen LogP contribution is 2.42. The molecule has 0 saturated carbocycles. The van der Waals surface area contributed by atoms with Crippen LogP contribution in [0.4, 0.5) is 0 Å². The summed E-state index contributed by atoms with van der Waals surface area (Å²) in [6.07, 6.45) is 4.57. The Balaban J connectivity index is 1.96. The quantitative estimate of drug-likeness (QED) is 0.340. The fourth-order valence-corrected chi connectivity index (χ4v) is 4.94. The number of allylic oxidation sites excluding steroid dienone is 1. The lowest BCUT2D eigenvalue weighted by molar-refractivity contribution is -0.143. The van der Waals surface area contributed by atoms with Gasteiger partial charge in [0.05, 0.1) is 37.1 Å². The Morgan fingerprint density at radius 3 is 2.73 bits per heavy atom. The van der Waals surface area contributed by atoms with Crippen LogP contribution in [0.15, 0.2) is 34.5 Å². The van der Waals surface area contributed by atoms with Crippen molar-refractivity contribution in [2.24, 2.45) is 4.99 Å². The van der Waals surface area contributed by atoms with Crippen molar-refractivity contribution in [2.75, 3.05) is 19.5 Å². The van der Waals surface area contributed by atoms with Gasteiger partial charge in [-0.3, -0.25) is 9.69 Å². The molecule has 0 aromatic heterocycles. The molecule has 1 fully saturated rings. The number of carbonyl (C=O) groups is 2. The Labute approximate surface area is 200 Å². The van der Waals surface area contributed by atoms with Crippen molar-refractivity contribution >= 4 is 28.8 Å². The molecular weight excluding hydrogens is 440 g/mol. The van der Waals surface area contributed by atoms with Crippen LogP contribution in [0.3, 0.4) is 0 Å². The van der Waals surface area contributed by atoms with Crippen LogP contribution >= 0.6 is 11.8 Å². The molecule has 0 aliphatic carbocycles. The molecule has 1 aromatic carbocycles. The number of nitrogens with zero attached hydrogens (tertiary/aromatic N) is 2. The molecule has 2 aliphatic rings. The molecule has 0 N–H and O–H groups in total. The third kappa shape index (κ3) is 5.91. The summed E-state index contributed by atoms with van der Waals surface area (Å²) in [4.78, 5) is 32.2. The second-order valence-electron chi connectivity index (χ2n) is 8.43. The Kier molecular flexibility index (Phi) is 8.83. The Morgan fingerprint density at radius 2 is 2.03 bits per heavy atom. The number of thioether (sulfide) groups is 1. The number of benzene rings is 1. The van der Waals surface area contributed by atoms with Crippen molar-refractivity contribution in [1.29, 1.82) is 0 Å². The first-order chi connectivity index (χ1) is 15.9. The molecule has 1 amide bonds. The van der Waals surface area contributed by atoms with Gasteiger partial charge >= 0.3 is 5.97 Å². The molecule has 180 valence electrons. The topological polar surface area (TPSA) is 77.4 Å². The molecule has 1 aromatic rings. The minimum atomic E-state index is -0.628. The summed E-state index contributed by atoms with van der Waals surface area (Å²) in [6, 6.07) is 4.95. The third-order valence-electron chi connectivity index (χ3n) is 5.53. The van der Waals surface area contributed by atoms with Gasteiger partial charge in [-0.1, -0.05) is 44.0 Å². The zero-order valence-corrected chi connectivity index (χ0v) is 21.0. The number of carbonyl (C=O) groups excluding carboxylic acids is 2. The highest BCUT2D eigenvalue weighted by atomic mass is 32.2. The van der Waals surface area contributed by atoms with E-state index in [4.69, 9.17) is 14.2 Å². The van der Waals surface area contributed by atoms with Crippen molar-refractivity contribution in [3.05, 3.63) is 35.0 Å². The molecule has 0 radical (unpaired) electrons. The average molecular weight is 475 g/mol. The standard InChI is InChI=1S/C25H34N2O5S/c1-6-7-8-9-13-31-19-11-10-18(15-20(19)30-5)23-22(24(29)32-16(2)3)17(4)26-25-27(23)21(28)12-14-33-25/h10-11,15-16,23H,6-9,12-14H2,1-5H3/t23-/m0/s1. The minimum Gasteiger partial charge on any atom is -0.493 e. The zero-order chi connectivity index (χ0) is 24.0. The van der Waals surface area contributed by atoms with Crippen molar-refractivity contribution in [2.45, 2.75) is 71.9 Å². The van der Waals surface area contributed by atoms with Crippen LogP contribution in [0.2, 0.25) is 0 Å². The van der Waals surface area contributed by atoms with Gasteiger partial charge in [0.15, 0.2) is 16.7 Å². The molecular formula is C25H34N2O5S. The Hall–Kier alpha value is -2.48. The summed E-state index contributed by atoms with van der Waals surface area (Å²) in [5.74, 6) is 1.37. The van der Waals surface area contributed by atoms with Crippen LogP contribution in [-0.2, 0) is 14.3 Å². The normalized spacial score (nSPS) is 18.2. The maximum Gasteiger partial charge on any atom is 0.338 e. The van der Waals surface area contributed by atoms with Crippen LogP contribution in [0.1, 0.15) is 71.4 Å². The second-order valence-corrected chi connectivity index (χ2v) is 9.49. The van der Waals surface area contributed by atoms with E-state index in [-0.39, 0.29) is 12.0 Å². The van der Waals surface area contributed by atoms with Crippen LogP contribution in [0.5, 0.6) is 11.5 Å². The number of fused-ring (bicyclic) bond motifs is 1. The first kappa shape index (κ1) is 25.1. The fourth-order valence-electron chi connectivity index (χ4n) is 3.93. The number of aliphatic imine (C=N–C) groups is 1. The van der Waals surface area contributed by atoms with E-state index < -0.39 is 12.0 Å². The summed E-state index contributed by atoms with van der Waals surface area (Å²) < 4.78 is 17.1. The molecule has 0 unspecified atom stereocenters. The monoisotopic (exact) mass is 474 g/mol. The molecule has 2 heterocycles. The maximum absolute atomic E-state index is 13.1. The molecule has 0 spiro atoms. The number of rotatable bonds is 10. The van der Waals surface area contributed by atoms with Gasteiger partial charge in [-0.05, 0) is 44.9 Å². The van der Waals surface area contributed by atoms with Gasteiger partial charge in [0.2, 0.25) is 5.91 Å². The lowest BCUT2D eigenvalue weighted by Gasteiger charge is -2.39. The van der Waals surface area contributed by atoms with Crippen LogP contribution in [0, 0.1) is 0 Å². The lowest BCUT2D eigenvalue weighted by atomic mass is 9.93. The molecule has 33 heavy (non-hydrogen) atoms. The van der Waals surface area contributed by atoms with E-state index in [2.05, 4.69) is 11.9 Å². The van der Waals surface area contributed by atoms with Gasteiger partial charge in [-0.2, -0.15) is 0 Å². The van der Waals surface area contributed by atoms with Crippen molar-refractivity contribution < 1.29 is 23.8 Å². The molecule has 1 saturated heterocycles. The van der Waals surface area contributed by atoms with Crippen LogP contribution in [-0.4, -0.2) is 47.5 Å². The van der Waals surface area contributed by atoms with Gasteiger partial charge < -0.3 is 14.2 Å². The SMILES string of the molecule is CCCCCCOc1ccc([C@H]2C(C(=O)OC(C)C)=C(C)N=C3SCCC(=O)N32)cc1OC. The highest BCUT2D eigenvalue weighted by molar-refractivity contribution is 8.14. The number of amidine groups is 1. The Morgan fingerprint density at radius 1 is 1.24 bits per heavy atom. The molecule has 0 bridgehead atoms. The summed E-state index contributed by atoms with van der Waals surface area (Å²) in [6.45, 7) is 8.19. The minimum absolute atomic E-state index is 0.0601. The number of hydrogen-bond acceptors (Lipinski definition) is 7. The summed E-state index contributed by atoms with van der Waals surface area (Å²) >= 11 is 1.52. The largest absolute Gasteiger partial charge is 0.493 e. The van der Waals surface area contributed by atoms with Gasteiger partial charge in [-0.25, -0.2) is 9.79 Å². The number of ether oxygens (including phenoxy) is 3. The van der Waals surface area contributed by atoms with Gasteiger partial charge in [0, 0.05) is 12.2 Å². The van der Waals surface area contributed by atoms with Crippen molar-refractivity contribution in [3.8, 4) is 11.5 Å². The van der Waals surface area contributed by atoms with E-state index in [0.717, 1.165) is 18.4 Å². The number of hydrogen-bond donors (Lipinski definition) is 0. The second kappa shape index (κ2) is 11.6. The average Bonchev–Trinajstić information content (AvgIpc) is 2.77. The molecule has 1 atom stereocenters. The van der Waals surface area contributed by atoms with E-state index >= 15 is 0 Å². The summed E-state index contributed by atoms with van der Waals surface area (Å²) in [5, 5.41) is 0.616. The highest BCUT2D eigenvalue weighted by Gasteiger charge is 2.42. The number of amides is 1. The van der Waals surface area contributed by atoms with E-state index in [1.165, 1.54) is 24.6 Å². The molecule has 7 nitrogen and oxygen atoms in total. The van der Waals surface area contributed by atoms with Crippen LogP contribution < -0.4 is 9.47 Å². The summed E-state index contributed by atoms with van der Waals surface area (Å²) in [7, 11) is 1.59. The number of methoxy groups -OCH3 is 1. The fraction of sp³-hybridized carbons (Fsp3) is 0.560. The van der Waals surface area contributed by atoms with Crippen molar-refractivity contribution in [3.63, 3.8) is 0 Å². The molecule has 3 rings (SSSR count). The first-order valence-electron chi connectivity index (χ1n) is 11.6. The van der Waals surface area contributed by atoms with Gasteiger partial charge in [-0.15, -0.1) is 0 Å². The van der Waals surface area contributed by atoms with Gasteiger partial charge in [0.1, 0.15) is 0 Å². The Bertz CT molecular complexity index is 941. The van der Waals surface area contributed by atoms with E-state index in [1.54, 1.807) is 32.8 Å².